The van der Waals surface area contributed by atoms with Gasteiger partial charge >= 0.3 is 0 Å². The normalized spacial score (nSPS) is 10.6. The van der Waals surface area contributed by atoms with Crippen LogP contribution >= 0.6 is 11.8 Å². The Labute approximate surface area is 201 Å². The molecule has 0 unspecified atom stereocenters. The predicted molar refractivity (Wildman–Crippen MR) is 129 cm³/mol. The van der Waals surface area contributed by atoms with Gasteiger partial charge in [-0.2, -0.15) is 0 Å². The number of amides is 2. The van der Waals surface area contributed by atoms with E-state index in [0.29, 0.717) is 23.3 Å². The number of nitrogens with one attached hydrogen (secondary N) is 2. The SMILES string of the molecule is C=CCn1c(COc2ccc(F)cc2)nnc1SCC(=O)NCC(=O)Nc1cccc(C)c1C. The van der Waals surface area contributed by atoms with Crippen molar-refractivity contribution in [2.45, 2.75) is 32.2 Å². The van der Waals surface area contributed by atoms with Gasteiger partial charge in [0.25, 0.3) is 0 Å². The highest BCUT2D eigenvalue weighted by Gasteiger charge is 2.15. The number of hydrogen-bond acceptors (Lipinski definition) is 6. The van der Waals surface area contributed by atoms with E-state index in [1.165, 1.54) is 36.0 Å². The van der Waals surface area contributed by atoms with Crippen LogP contribution in [0, 0.1) is 19.7 Å². The smallest absolute Gasteiger partial charge is 0.243 e. The van der Waals surface area contributed by atoms with Crippen molar-refractivity contribution < 1.29 is 18.7 Å². The fourth-order valence-corrected chi connectivity index (χ4v) is 3.76. The lowest BCUT2D eigenvalue weighted by molar-refractivity contribution is -0.122. The highest BCUT2D eigenvalue weighted by Crippen LogP contribution is 2.20. The van der Waals surface area contributed by atoms with Gasteiger partial charge in [0.05, 0.1) is 12.3 Å². The molecule has 0 aliphatic carbocycles. The van der Waals surface area contributed by atoms with Gasteiger partial charge in [-0.25, -0.2) is 4.39 Å². The van der Waals surface area contributed by atoms with E-state index in [2.05, 4.69) is 27.4 Å². The number of carbonyl (C=O) groups excluding carboxylic acids is 2. The third kappa shape index (κ3) is 6.92. The van der Waals surface area contributed by atoms with Gasteiger partial charge in [0.2, 0.25) is 11.8 Å². The summed E-state index contributed by atoms with van der Waals surface area (Å²) in [5.41, 5.74) is 2.78. The van der Waals surface area contributed by atoms with E-state index in [0.717, 1.165) is 16.8 Å². The summed E-state index contributed by atoms with van der Waals surface area (Å²) in [4.78, 5) is 24.5. The lowest BCUT2D eigenvalue weighted by Crippen LogP contribution is -2.34. The molecule has 10 heteroatoms. The van der Waals surface area contributed by atoms with Crippen molar-refractivity contribution >= 4 is 29.3 Å². The lowest BCUT2D eigenvalue weighted by atomic mass is 10.1. The number of nitrogens with zero attached hydrogens (tertiary/aromatic N) is 3. The number of aromatic nitrogens is 3. The summed E-state index contributed by atoms with van der Waals surface area (Å²) in [7, 11) is 0. The molecule has 3 aromatic rings. The Hall–Kier alpha value is -3.66. The Morgan fingerprint density at radius 1 is 1.15 bits per heavy atom. The first-order chi connectivity index (χ1) is 16.4. The highest BCUT2D eigenvalue weighted by molar-refractivity contribution is 7.99. The molecule has 0 atom stereocenters. The number of halogens is 1. The summed E-state index contributed by atoms with van der Waals surface area (Å²) in [5.74, 6) is 0.148. The summed E-state index contributed by atoms with van der Waals surface area (Å²) < 4.78 is 20.5. The molecule has 0 bridgehead atoms. The molecule has 3 rings (SSSR count). The molecule has 2 N–H and O–H groups in total. The molecule has 8 nitrogen and oxygen atoms in total. The Balaban J connectivity index is 1.50. The largest absolute Gasteiger partial charge is 0.486 e. The van der Waals surface area contributed by atoms with E-state index >= 15 is 0 Å². The van der Waals surface area contributed by atoms with Gasteiger partial charge in [0, 0.05) is 12.2 Å². The van der Waals surface area contributed by atoms with E-state index in [4.69, 9.17) is 4.74 Å². The number of anilines is 1. The fraction of sp³-hybridized carbons (Fsp3) is 0.250. The molecule has 178 valence electrons. The van der Waals surface area contributed by atoms with Crippen LogP contribution < -0.4 is 15.4 Å². The molecule has 1 aromatic heterocycles. The molecule has 0 radical (unpaired) electrons. The molecular weight excluding hydrogens is 457 g/mol. The first kappa shape index (κ1) is 25.0. The average Bonchev–Trinajstić information content (AvgIpc) is 3.20. The Kier molecular flexibility index (Phi) is 8.80. The summed E-state index contributed by atoms with van der Waals surface area (Å²) in [6.07, 6.45) is 1.69. The zero-order valence-electron chi connectivity index (χ0n) is 19.0. The Morgan fingerprint density at radius 3 is 2.65 bits per heavy atom. The predicted octanol–water partition coefficient (Wildman–Crippen LogP) is 3.65. The third-order valence-corrected chi connectivity index (χ3v) is 5.91. The minimum absolute atomic E-state index is 0.0604. The minimum Gasteiger partial charge on any atom is -0.486 e. The first-order valence-corrected chi connectivity index (χ1v) is 11.5. The van der Waals surface area contributed by atoms with Crippen LogP contribution in [0.5, 0.6) is 5.75 Å². The van der Waals surface area contributed by atoms with E-state index in [9.17, 15) is 14.0 Å². The van der Waals surface area contributed by atoms with Crippen LogP contribution in [0.2, 0.25) is 0 Å². The molecule has 1 heterocycles. The van der Waals surface area contributed by atoms with Gasteiger partial charge in [-0.3, -0.25) is 14.2 Å². The summed E-state index contributed by atoms with van der Waals surface area (Å²) in [5, 5.41) is 14.2. The number of benzene rings is 2. The van der Waals surface area contributed by atoms with Crippen molar-refractivity contribution in [2.24, 2.45) is 0 Å². The Bertz CT molecular complexity index is 1160. The fourth-order valence-electron chi connectivity index (χ4n) is 2.96. The number of allylic oxidation sites excluding steroid dienone is 1. The standard InChI is InChI=1S/C24H26FN5O3S/c1-4-12-30-21(14-33-19-10-8-18(25)9-11-19)28-29-24(30)34-15-23(32)26-13-22(31)27-20-7-5-6-16(2)17(20)3/h4-11H,1,12-15H2,2-3H3,(H,26,32)(H,27,31). The van der Waals surface area contributed by atoms with E-state index in [-0.39, 0.29) is 36.5 Å². The number of aryl methyl sites for hydroxylation is 1. The zero-order chi connectivity index (χ0) is 24.5. The van der Waals surface area contributed by atoms with Crippen LogP contribution in [0.4, 0.5) is 10.1 Å². The number of carbonyl (C=O) groups is 2. The van der Waals surface area contributed by atoms with Crippen molar-refractivity contribution in [1.29, 1.82) is 0 Å². The molecule has 0 aliphatic rings. The van der Waals surface area contributed by atoms with Crippen LogP contribution in [-0.2, 0) is 22.7 Å². The summed E-state index contributed by atoms with van der Waals surface area (Å²) >= 11 is 1.19. The van der Waals surface area contributed by atoms with Crippen molar-refractivity contribution in [3.05, 3.63) is 77.9 Å². The van der Waals surface area contributed by atoms with Gasteiger partial charge in [-0.05, 0) is 55.3 Å². The second-order valence-corrected chi connectivity index (χ2v) is 8.34. The second kappa shape index (κ2) is 12.0. The average molecular weight is 484 g/mol. The van der Waals surface area contributed by atoms with Crippen molar-refractivity contribution in [3.63, 3.8) is 0 Å². The maximum absolute atomic E-state index is 13.0. The topological polar surface area (TPSA) is 98.1 Å². The van der Waals surface area contributed by atoms with Crippen LogP contribution in [-0.4, -0.2) is 38.9 Å². The van der Waals surface area contributed by atoms with Crippen LogP contribution in [0.25, 0.3) is 0 Å². The summed E-state index contributed by atoms with van der Waals surface area (Å²) in [6.45, 7) is 8.06. The molecule has 34 heavy (non-hydrogen) atoms. The maximum Gasteiger partial charge on any atom is 0.243 e. The van der Waals surface area contributed by atoms with E-state index in [1.54, 1.807) is 10.6 Å². The van der Waals surface area contributed by atoms with Crippen LogP contribution in [0.1, 0.15) is 17.0 Å². The molecular formula is C24H26FN5O3S. The summed E-state index contributed by atoms with van der Waals surface area (Å²) in [6, 6.07) is 11.3. The quantitative estimate of drug-likeness (QED) is 0.319. The number of rotatable bonds is 11. The van der Waals surface area contributed by atoms with Gasteiger partial charge < -0.3 is 15.4 Å². The number of hydrogen-bond donors (Lipinski definition) is 2. The molecule has 2 aromatic carbocycles. The first-order valence-electron chi connectivity index (χ1n) is 10.5. The lowest BCUT2D eigenvalue weighted by Gasteiger charge is -2.11. The van der Waals surface area contributed by atoms with E-state index < -0.39 is 0 Å². The second-order valence-electron chi connectivity index (χ2n) is 7.40. The minimum atomic E-state index is -0.345. The molecule has 0 saturated carbocycles. The molecule has 0 saturated heterocycles. The highest BCUT2D eigenvalue weighted by atomic mass is 32.2. The van der Waals surface area contributed by atoms with Gasteiger partial charge in [-0.15, -0.1) is 16.8 Å². The maximum atomic E-state index is 13.0. The number of ether oxygens (including phenoxy) is 1. The Morgan fingerprint density at radius 2 is 1.91 bits per heavy atom. The van der Waals surface area contributed by atoms with Crippen LogP contribution in [0.15, 0.2) is 60.3 Å². The molecule has 0 aliphatic heterocycles. The van der Waals surface area contributed by atoms with Gasteiger partial charge in [0.1, 0.15) is 18.2 Å². The monoisotopic (exact) mass is 483 g/mol. The zero-order valence-corrected chi connectivity index (χ0v) is 19.8. The van der Waals surface area contributed by atoms with Crippen LogP contribution in [0.3, 0.4) is 0 Å². The van der Waals surface area contributed by atoms with Crippen molar-refractivity contribution in [2.75, 3.05) is 17.6 Å². The van der Waals surface area contributed by atoms with Gasteiger partial charge in [0.15, 0.2) is 11.0 Å². The van der Waals surface area contributed by atoms with Crippen molar-refractivity contribution in [1.82, 2.24) is 20.1 Å². The molecule has 0 spiro atoms. The van der Waals surface area contributed by atoms with Gasteiger partial charge in [-0.1, -0.05) is 30.0 Å². The molecule has 2 amide bonds. The number of thioether (sulfide) groups is 1. The third-order valence-electron chi connectivity index (χ3n) is 4.94. The van der Waals surface area contributed by atoms with E-state index in [1.807, 2.05) is 32.0 Å². The van der Waals surface area contributed by atoms with Crippen molar-refractivity contribution in [3.8, 4) is 5.75 Å². The molecule has 0 fully saturated rings.